The molecule has 0 amide bonds. The van der Waals surface area contributed by atoms with Crippen LogP contribution in [-0.4, -0.2) is 5.96 Å². The molecule has 0 aromatic heterocycles. The summed E-state index contributed by atoms with van der Waals surface area (Å²) in [4.78, 5) is 4.24. The Morgan fingerprint density at radius 2 is 1.70 bits per heavy atom. The zero-order chi connectivity index (χ0) is 14.5. The van der Waals surface area contributed by atoms with Crippen molar-refractivity contribution in [2.45, 2.75) is 20.4 Å². The Morgan fingerprint density at radius 3 is 2.30 bits per heavy atom. The molecular weight excluding hydrogens is 253 g/mol. The summed E-state index contributed by atoms with van der Waals surface area (Å²) in [5.41, 5.74) is 10.0. The quantitative estimate of drug-likeness (QED) is 0.664. The van der Waals surface area contributed by atoms with E-state index in [9.17, 15) is 4.39 Å². The topological polar surface area (TPSA) is 50.4 Å². The van der Waals surface area contributed by atoms with E-state index in [4.69, 9.17) is 5.73 Å². The van der Waals surface area contributed by atoms with Crippen molar-refractivity contribution >= 4 is 11.6 Å². The van der Waals surface area contributed by atoms with Gasteiger partial charge in [-0.05, 0) is 54.8 Å². The number of nitrogens with zero attached hydrogens (tertiary/aromatic N) is 1. The van der Waals surface area contributed by atoms with Crippen LogP contribution in [0.15, 0.2) is 47.5 Å². The fraction of sp³-hybridized carbons (Fsp3) is 0.188. The summed E-state index contributed by atoms with van der Waals surface area (Å²) >= 11 is 0. The predicted octanol–water partition coefficient (Wildman–Crippen LogP) is 3.37. The van der Waals surface area contributed by atoms with Crippen molar-refractivity contribution in [1.82, 2.24) is 0 Å². The van der Waals surface area contributed by atoms with Crippen molar-refractivity contribution < 1.29 is 4.39 Å². The van der Waals surface area contributed by atoms with Crippen molar-refractivity contribution in [2.24, 2.45) is 10.7 Å². The van der Waals surface area contributed by atoms with Crippen LogP contribution in [0.1, 0.15) is 16.7 Å². The average Bonchev–Trinajstić information content (AvgIpc) is 2.37. The Kier molecular flexibility index (Phi) is 4.35. The lowest BCUT2D eigenvalue weighted by atomic mass is 10.1. The first-order valence-corrected chi connectivity index (χ1v) is 6.42. The first kappa shape index (κ1) is 14.1. The maximum absolute atomic E-state index is 12.8. The second kappa shape index (κ2) is 6.19. The molecule has 0 aliphatic rings. The number of anilines is 1. The van der Waals surface area contributed by atoms with Gasteiger partial charge < -0.3 is 11.1 Å². The van der Waals surface area contributed by atoms with Gasteiger partial charge in [-0.25, -0.2) is 9.38 Å². The highest BCUT2D eigenvalue weighted by molar-refractivity contribution is 5.92. The van der Waals surface area contributed by atoms with Crippen LogP contribution in [0, 0.1) is 19.7 Å². The van der Waals surface area contributed by atoms with Crippen LogP contribution < -0.4 is 11.1 Å². The molecule has 0 spiro atoms. The second-order valence-corrected chi connectivity index (χ2v) is 4.83. The van der Waals surface area contributed by atoms with Crippen molar-refractivity contribution in [1.29, 1.82) is 0 Å². The first-order chi connectivity index (χ1) is 9.52. The van der Waals surface area contributed by atoms with Crippen molar-refractivity contribution in [2.75, 3.05) is 5.32 Å². The summed E-state index contributed by atoms with van der Waals surface area (Å²) in [6.45, 7) is 4.48. The zero-order valence-corrected chi connectivity index (χ0v) is 11.7. The molecule has 0 atom stereocenters. The number of hydrogen-bond acceptors (Lipinski definition) is 1. The van der Waals surface area contributed by atoms with Gasteiger partial charge in [0.15, 0.2) is 5.96 Å². The molecule has 0 bridgehead atoms. The monoisotopic (exact) mass is 271 g/mol. The Labute approximate surface area is 118 Å². The SMILES string of the molecule is Cc1cc(C)cc(NC(N)=NCc2ccc(F)cc2)c1. The van der Waals surface area contributed by atoms with Gasteiger partial charge in [0.25, 0.3) is 0 Å². The lowest BCUT2D eigenvalue weighted by Gasteiger charge is -2.08. The molecule has 0 unspecified atom stereocenters. The number of nitrogens with one attached hydrogen (secondary N) is 1. The summed E-state index contributed by atoms with van der Waals surface area (Å²) in [6.07, 6.45) is 0. The Morgan fingerprint density at radius 1 is 1.10 bits per heavy atom. The lowest BCUT2D eigenvalue weighted by Crippen LogP contribution is -2.22. The van der Waals surface area contributed by atoms with Gasteiger partial charge in [-0.15, -0.1) is 0 Å². The van der Waals surface area contributed by atoms with E-state index >= 15 is 0 Å². The maximum atomic E-state index is 12.8. The third-order valence-corrected chi connectivity index (χ3v) is 2.84. The predicted molar refractivity (Wildman–Crippen MR) is 81.3 cm³/mol. The summed E-state index contributed by atoms with van der Waals surface area (Å²) in [5, 5.41) is 3.06. The third kappa shape index (κ3) is 4.09. The van der Waals surface area contributed by atoms with E-state index in [1.165, 1.54) is 23.3 Å². The third-order valence-electron chi connectivity index (χ3n) is 2.84. The van der Waals surface area contributed by atoms with Crippen LogP contribution in [0.5, 0.6) is 0 Å². The molecule has 4 heteroatoms. The molecule has 2 aromatic carbocycles. The molecule has 104 valence electrons. The van der Waals surface area contributed by atoms with E-state index in [1.807, 2.05) is 26.0 Å². The number of aliphatic imine (C=N–C) groups is 1. The minimum absolute atomic E-state index is 0.251. The van der Waals surface area contributed by atoms with Gasteiger partial charge in [-0.3, -0.25) is 0 Å². The first-order valence-electron chi connectivity index (χ1n) is 6.42. The normalized spacial score (nSPS) is 11.4. The Hall–Kier alpha value is -2.36. The minimum atomic E-state index is -0.251. The van der Waals surface area contributed by atoms with E-state index in [2.05, 4.69) is 16.4 Å². The molecule has 0 saturated carbocycles. The minimum Gasteiger partial charge on any atom is -0.370 e. The van der Waals surface area contributed by atoms with E-state index in [-0.39, 0.29) is 5.82 Å². The van der Waals surface area contributed by atoms with Crippen molar-refractivity contribution in [3.05, 3.63) is 65.0 Å². The molecule has 2 rings (SSSR count). The van der Waals surface area contributed by atoms with Gasteiger partial charge in [0.05, 0.1) is 6.54 Å². The number of guanidine groups is 1. The lowest BCUT2D eigenvalue weighted by molar-refractivity contribution is 0.627. The molecule has 3 nitrogen and oxygen atoms in total. The van der Waals surface area contributed by atoms with Crippen LogP contribution in [0.3, 0.4) is 0 Å². The molecule has 20 heavy (non-hydrogen) atoms. The second-order valence-electron chi connectivity index (χ2n) is 4.83. The van der Waals surface area contributed by atoms with E-state index < -0.39 is 0 Å². The average molecular weight is 271 g/mol. The molecule has 2 aromatic rings. The molecule has 0 radical (unpaired) electrons. The van der Waals surface area contributed by atoms with Gasteiger partial charge in [0, 0.05) is 5.69 Å². The van der Waals surface area contributed by atoms with Crippen LogP contribution in [0.25, 0.3) is 0 Å². The Bertz CT molecular complexity index is 598. The van der Waals surface area contributed by atoms with Gasteiger partial charge in [0.2, 0.25) is 0 Å². The molecule has 0 aliphatic carbocycles. The maximum Gasteiger partial charge on any atom is 0.193 e. The highest BCUT2D eigenvalue weighted by atomic mass is 19.1. The van der Waals surface area contributed by atoms with Crippen LogP contribution >= 0.6 is 0 Å². The standard InChI is InChI=1S/C16H18FN3/c1-11-7-12(2)9-15(8-11)20-16(18)19-10-13-3-5-14(17)6-4-13/h3-9H,10H2,1-2H3,(H3,18,19,20). The molecule has 3 N–H and O–H groups in total. The number of rotatable bonds is 3. The fourth-order valence-corrected chi connectivity index (χ4v) is 2.00. The van der Waals surface area contributed by atoms with Crippen LogP contribution in [0.4, 0.5) is 10.1 Å². The van der Waals surface area contributed by atoms with Crippen molar-refractivity contribution in [3.63, 3.8) is 0 Å². The van der Waals surface area contributed by atoms with Gasteiger partial charge >= 0.3 is 0 Å². The fourth-order valence-electron chi connectivity index (χ4n) is 2.00. The summed E-state index contributed by atoms with van der Waals surface area (Å²) < 4.78 is 12.8. The van der Waals surface area contributed by atoms with Gasteiger partial charge in [-0.1, -0.05) is 18.2 Å². The van der Waals surface area contributed by atoms with E-state index in [0.29, 0.717) is 12.5 Å². The number of hydrogen-bond donors (Lipinski definition) is 2. The number of nitrogens with two attached hydrogens (primary N) is 1. The highest BCUT2D eigenvalue weighted by Crippen LogP contribution is 2.13. The molecule has 0 saturated heterocycles. The van der Waals surface area contributed by atoms with Crippen molar-refractivity contribution in [3.8, 4) is 0 Å². The zero-order valence-electron chi connectivity index (χ0n) is 11.7. The number of benzene rings is 2. The number of aryl methyl sites for hydroxylation is 2. The highest BCUT2D eigenvalue weighted by Gasteiger charge is 1.98. The van der Waals surface area contributed by atoms with Crippen LogP contribution in [-0.2, 0) is 6.54 Å². The summed E-state index contributed by atoms with van der Waals surface area (Å²) in [5.74, 6) is 0.0957. The van der Waals surface area contributed by atoms with Gasteiger partial charge in [-0.2, -0.15) is 0 Å². The van der Waals surface area contributed by atoms with Crippen LogP contribution in [0.2, 0.25) is 0 Å². The summed E-state index contributed by atoms with van der Waals surface area (Å²) in [6, 6.07) is 12.3. The molecular formula is C16H18FN3. The smallest absolute Gasteiger partial charge is 0.193 e. The van der Waals surface area contributed by atoms with E-state index in [0.717, 1.165) is 11.3 Å². The molecule has 0 fully saturated rings. The molecule has 0 aliphatic heterocycles. The van der Waals surface area contributed by atoms with Gasteiger partial charge in [0.1, 0.15) is 5.82 Å². The number of halogens is 1. The largest absolute Gasteiger partial charge is 0.370 e. The summed E-state index contributed by atoms with van der Waals surface area (Å²) in [7, 11) is 0. The molecule has 0 heterocycles. The Balaban J connectivity index is 2.01. The van der Waals surface area contributed by atoms with E-state index in [1.54, 1.807) is 12.1 Å².